The Hall–Kier alpha value is -2.97. The van der Waals surface area contributed by atoms with Crippen molar-refractivity contribution in [3.63, 3.8) is 0 Å². The van der Waals surface area contributed by atoms with E-state index in [0.29, 0.717) is 17.7 Å². The van der Waals surface area contributed by atoms with Crippen molar-refractivity contribution >= 4 is 34.2 Å². The third-order valence-electron chi connectivity index (χ3n) is 4.07. The highest BCUT2D eigenvalue weighted by molar-refractivity contribution is 6.35. The first-order chi connectivity index (χ1) is 13.3. The third kappa shape index (κ3) is 3.69. The molecule has 0 radical (unpaired) electrons. The van der Waals surface area contributed by atoms with Crippen molar-refractivity contribution in [3.8, 4) is 5.69 Å². The summed E-state index contributed by atoms with van der Waals surface area (Å²) in [5.74, 6) is -0.354. The molecule has 1 atom stereocenters. The largest absolute Gasteiger partial charge is 0.338 e. The number of urea groups is 1. The second kappa shape index (κ2) is 7.95. The van der Waals surface area contributed by atoms with Gasteiger partial charge in [-0.1, -0.05) is 17.7 Å². The van der Waals surface area contributed by atoms with Gasteiger partial charge >= 0.3 is 6.03 Å². The summed E-state index contributed by atoms with van der Waals surface area (Å²) in [5.41, 5.74) is 6.24. The van der Waals surface area contributed by atoms with Gasteiger partial charge in [-0.3, -0.25) is 9.36 Å². The Bertz CT molecular complexity index is 1110. The maximum atomic E-state index is 14.2. The molecule has 28 heavy (non-hydrogen) atoms. The van der Waals surface area contributed by atoms with Crippen molar-refractivity contribution in [1.82, 2.24) is 14.9 Å². The first-order valence-electron chi connectivity index (χ1n) is 8.65. The lowest BCUT2D eigenvalue weighted by Crippen LogP contribution is -2.29. The van der Waals surface area contributed by atoms with E-state index in [0.717, 1.165) is 6.07 Å². The van der Waals surface area contributed by atoms with E-state index in [4.69, 9.17) is 17.3 Å². The molecule has 0 bridgehead atoms. The SMILES string of the molecule is CCNC(=O)Nc1cc(-n2c(C(C)N)nc3cccc(Cl)c3c2=O)ccc1F. The van der Waals surface area contributed by atoms with Crippen LogP contribution < -0.4 is 21.9 Å². The van der Waals surface area contributed by atoms with E-state index >= 15 is 0 Å². The molecule has 1 heterocycles. The molecule has 0 saturated heterocycles. The number of nitrogens with zero attached hydrogens (tertiary/aromatic N) is 2. The van der Waals surface area contributed by atoms with E-state index in [-0.39, 0.29) is 21.9 Å². The zero-order valence-corrected chi connectivity index (χ0v) is 16.0. The summed E-state index contributed by atoms with van der Waals surface area (Å²) in [7, 11) is 0. The second-order valence-corrected chi connectivity index (χ2v) is 6.59. The number of rotatable bonds is 4. The topological polar surface area (TPSA) is 102 Å². The quantitative estimate of drug-likeness (QED) is 0.621. The first-order valence-corrected chi connectivity index (χ1v) is 9.02. The smallest absolute Gasteiger partial charge is 0.319 e. The van der Waals surface area contributed by atoms with Crippen molar-refractivity contribution in [2.24, 2.45) is 5.73 Å². The summed E-state index contributed by atoms with van der Waals surface area (Å²) in [6.45, 7) is 3.81. The number of aromatic nitrogens is 2. The number of carbonyl (C=O) groups is 1. The summed E-state index contributed by atoms with van der Waals surface area (Å²) in [6, 6.07) is 7.74. The lowest BCUT2D eigenvalue weighted by Gasteiger charge is -2.17. The van der Waals surface area contributed by atoms with Crippen LogP contribution in [0.15, 0.2) is 41.2 Å². The maximum absolute atomic E-state index is 14.2. The van der Waals surface area contributed by atoms with Crippen LogP contribution in [-0.4, -0.2) is 22.1 Å². The van der Waals surface area contributed by atoms with E-state index in [9.17, 15) is 14.0 Å². The highest BCUT2D eigenvalue weighted by Gasteiger charge is 2.18. The van der Waals surface area contributed by atoms with Crippen LogP contribution in [0.4, 0.5) is 14.9 Å². The molecule has 0 spiro atoms. The summed E-state index contributed by atoms with van der Waals surface area (Å²) in [6.07, 6.45) is 0. The number of benzene rings is 2. The molecule has 4 N–H and O–H groups in total. The standard InChI is InChI=1S/C19H19ClFN5O2/c1-3-23-19(28)25-15-9-11(7-8-13(15)21)26-17(10(2)22)24-14-6-4-5-12(20)16(14)18(26)27/h4-10H,3,22H2,1-2H3,(H2,23,25,28). The van der Waals surface area contributed by atoms with Gasteiger partial charge in [0.15, 0.2) is 0 Å². The number of hydrogen-bond acceptors (Lipinski definition) is 4. The summed E-state index contributed by atoms with van der Waals surface area (Å²) < 4.78 is 15.5. The molecular weight excluding hydrogens is 385 g/mol. The minimum absolute atomic E-state index is 0.0785. The predicted octanol–water partition coefficient (Wildman–Crippen LogP) is 3.34. The fourth-order valence-electron chi connectivity index (χ4n) is 2.84. The fourth-order valence-corrected chi connectivity index (χ4v) is 3.09. The van der Waals surface area contributed by atoms with Gasteiger partial charge in [0, 0.05) is 6.54 Å². The molecule has 9 heteroatoms. The Morgan fingerprint density at radius 2 is 2.11 bits per heavy atom. The van der Waals surface area contributed by atoms with E-state index in [2.05, 4.69) is 15.6 Å². The highest BCUT2D eigenvalue weighted by atomic mass is 35.5. The van der Waals surface area contributed by atoms with E-state index in [1.54, 1.807) is 32.0 Å². The molecular formula is C19H19ClFN5O2. The molecule has 0 aliphatic heterocycles. The number of fused-ring (bicyclic) bond motifs is 1. The Balaban J connectivity index is 2.24. The molecule has 0 saturated carbocycles. The van der Waals surface area contributed by atoms with Gasteiger partial charge in [0.25, 0.3) is 5.56 Å². The molecule has 0 aliphatic carbocycles. The predicted molar refractivity (Wildman–Crippen MR) is 108 cm³/mol. The first kappa shape index (κ1) is 19.8. The van der Waals surface area contributed by atoms with E-state index in [1.165, 1.54) is 16.7 Å². The van der Waals surface area contributed by atoms with Gasteiger partial charge in [-0.05, 0) is 44.2 Å². The van der Waals surface area contributed by atoms with Crippen LogP contribution in [0, 0.1) is 5.82 Å². The Morgan fingerprint density at radius 1 is 1.36 bits per heavy atom. The summed E-state index contributed by atoms with van der Waals surface area (Å²) >= 11 is 6.20. The lowest BCUT2D eigenvalue weighted by atomic mass is 10.2. The zero-order chi connectivity index (χ0) is 20.4. The van der Waals surface area contributed by atoms with Crippen molar-refractivity contribution in [1.29, 1.82) is 0 Å². The van der Waals surface area contributed by atoms with Crippen LogP contribution in [0.2, 0.25) is 5.02 Å². The second-order valence-electron chi connectivity index (χ2n) is 6.18. The molecule has 3 rings (SSSR count). The van der Waals surface area contributed by atoms with Crippen molar-refractivity contribution in [3.05, 3.63) is 63.4 Å². The molecule has 1 unspecified atom stereocenters. The van der Waals surface area contributed by atoms with Gasteiger partial charge in [-0.15, -0.1) is 0 Å². The fraction of sp³-hybridized carbons (Fsp3) is 0.211. The third-order valence-corrected chi connectivity index (χ3v) is 4.39. The Morgan fingerprint density at radius 3 is 2.79 bits per heavy atom. The van der Waals surface area contributed by atoms with Gasteiger partial charge in [-0.25, -0.2) is 14.2 Å². The molecule has 7 nitrogen and oxygen atoms in total. The maximum Gasteiger partial charge on any atom is 0.319 e. The zero-order valence-electron chi connectivity index (χ0n) is 15.3. The van der Waals surface area contributed by atoms with E-state index in [1.807, 2.05) is 0 Å². The number of nitrogens with one attached hydrogen (secondary N) is 2. The summed E-state index contributed by atoms with van der Waals surface area (Å²) in [4.78, 5) is 29.4. The van der Waals surface area contributed by atoms with Gasteiger partial charge in [0.1, 0.15) is 11.6 Å². The van der Waals surface area contributed by atoms with Gasteiger partial charge in [0.05, 0.1) is 33.3 Å². The summed E-state index contributed by atoms with van der Waals surface area (Å²) in [5, 5.41) is 5.42. The number of anilines is 1. The minimum atomic E-state index is -0.642. The van der Waals surface area contributed by atoms with Gasteiger partial charge in [0.2, 0.25) is 0 Å². The Labute approximate surface area is 165 Å². The monoisotopic (exact) mass is 403 g/mol. The van der Waals surface area contributed by atoms with Crippen LogP contribution in [0.5, 0.6) is 0 Å². The van der Waals surface area contributed by atoms with Crippen LogP contribution in [-0.2, 0) is 0 Å². The molecule has 0 aliphatic rings. The van der Waals surface area contributed by atoms with Crippen molar-refractivity contribution in [2.45, 2.75) is 19.9 Å². The molecule has 146 valence electrons. The van der Waals surface area contributed by atoms with E-state index < -0.39 is 23.4 Å². The van der Waals surface area contributed by atoms with Crippen LogP contribution in [0.1, 0.15) is 25.7 Å². The number of nitrogens with two attached hydrogens (primary N) is 1. The van der Waals surface area contributed by atoms with Crippen molar-refractivity contribution in [2.75, 3.05) is 11.9 Å². The number of hydrogen-bond donors (Lipinski definition) is 3. The average molecular weight is 404 g/mol. The molecule has 0 fully saturated rings. The minimum Gasteiger partial charge on any atom is -0.338 e. The van der Waals surface area contributed by atoms with Crippen LogP contribution >= 0.6 is 11.6 Å². The highest BCUT2D eigenvalue weighted by Crippen LogP contribution is 2.24. The number of carbonyl (C=O) groups excluding carboxylic acids is 1. The normalized spacial score (nSPS) is 12.0. The lowest BCUT2D eigenvalue weighted by molar-refractivity contribution is 0.252. The molecule has 3 aromatic rings. The van der Waals surface area contributed by atoms with Crippen molar-refractivity contribution < 1.29 is 9.18 Å². The van der Waals surface area contributed by atoms with Crippen LogP contribution in [0.3, 0.4) is 0 Å². The average Bonchev–Trinajstić information content (AvgIpc) is 2.63. The van der Waals surface area contributed by atoms with Crippen LogP contribution in [0.25, 0.3) is 16.6 Å². The Kier molecular flexibility index (Phi) is 5.62. The van der Waals surface area contributed by atoms with Gasteiger partial charge in [-0.2, -0.15) is 0 Å². The molecule has 1 aromatic heterocycles. The number of halogens is 2. The molecule has 2 amide bonds. The van der Waals surface area contributed by atoms with Gasteiger partial charge < -0.3 is 16.4 Å². The molecule has 2 aromatic carbocycles. The number of amides is 2.